The molecule has 5 aromatic rings. The molecule has 174 valence electrons. The molecule has 0 unspecified atom stereocenters. The number of benzene rings is 4. The van der Waals surface area contributed by atoms with E-state index in [0.717, 1.165) is 5.56 Å². The minimum atomic E-state index is -0.924. The standard InChI is InChI=1S/C28H21Cl2N3O2/c29-20-12-7-13-21(30)24(20)27-31-22-15-14-19(16-23(22)32-27)28(35)33-25(17-8-3-1-4-9-17)26(34)18-10-5-2-6-11-18/h1-16,25-26,34H,(H,31,32)(H,33,35)/t25-,26+/m1/s1. The van der Waals surface area contributed by atoms with Crippen LogP contribution in [0.3, 0.4) is 0 Å². The average molecular weight is 502 g/mol. The van der Waals surface area contributed by atoms with Crippen molar-refractivity contribution in [3.63, 3.8) is 0 Å². The summed E-state index contributed by atoms with van der Waals surface area (Å²) >= 11 is 12.7. The van der Waals surface area contributed by atoms with Crippen molar-refractivity contribution in [3.05, 3.63) is 124 Å². The zero-order valence-electron chi connectivity index (χ0n) is 18.5. The molecule has 0 bridgehead atoms. The second-order valence-corrected chi connectivity index (χ2v) is 8.95. The highest BCUT2D eigenvalue weighted by Crippen LogP contribution is 2.34. The smallest absolute Gasteiger partial charge is 0.251 e. The Hall–Kier alpha value is -3.64. The van der Waals surface area contributed by atoms with Gasteiger partial charge in [-0.3, -0.25) is 4.79 Å². The highest BCUT2D eigenvalue weighted by Gasteiger charge is 2.25. The number of aliphatic hydroxyl groups excluding tert-OH is 1. The lowest BCUT2D eigenvalue weighted by Crippen LogP contribution is -2.32. The minimum absolute atomic E-state index is 0.317. The van der Waals surface area contributed by atoms with Gasteiger partial charge in [0.25, 0.3) is 5.91 Å². The van der Waals surface area contributed by atoms with Gasteiger partial charge >= 0.3 is 0 Å². The molecule has 35 heavy (non-hydrogen) atoms. The molecule has 5 nitrogen and oxygen atoms in total. The van der Waals surface area contributed by atoms with Crippen molar-refractivity contribution >= 4 is 40.1 Å². The summed E-state index contributed by atoms with van der Waals surface area (Å²) in [5.74, 6) is 0.206. The Morgan fingerprint density at radius 3 is 2.11 bits per heavy atom. The van der Waals surface area contributed by atoms with Crippen LogP contribution in [0, 0.1) is 0 Å². The number of carbonyl (C=O) groups excluding carboxylic acids is 1. The fourth-order valence-corrected chi connectivity index (χ4v) is 4.64. The van der Waals surface area contributed by atoms with Gasteiger partial charge in [-0.05, 0) is 41.5 Å². The number of rotatable bonds is 6. The normalized spacial score (nSPS) is 12.9. The number of aromatic amines is 1. The predicted octanol–water partition coefficient (Wildman–Crippen LogP) is 6.74. The second-order valence-electron chi connectivity index (χ2n) is 8.13. The molecule has 0 fully saturated rings. The average Bonchev–Trinajstić information content (AvgIpc) is 3.30. The van der Waals surface area contributed by atoms with Gasteiger partial charge in [-0.25, -0.2) is 4.98 Å². The van der Waals surface area contributed by atoms with Crippen molar-refractivity contribution in [2.75, 3.05) is 0 Å². The number of imidazole rings is 1. The van der Waals surface area contributed by atoms with Crippen LogP contribution in [-0.2, 0) is 0 Å². The number of H-pyrrole nitrogens is 1. The van der Waals surface area contributed by atoms with E-state index < -0.39 is 12.1 Å². The van der Waals surface area contributed by atoms with Gasteiger partial charge in [-0.1, -0.05) is 89.9 Å². The van der Waals surface area contributed by atoms with Gasteiger partial charge in [-0.15, -0.1) is 0 Å². The fourth-order valence-electron chi connectivity index (χ4n) is 4.07. The van der Waals surface area contributed by atoms with E-state index in [1.807, 2.05) is 60.7 Å². The molecule has 0 saturated heterocycles. The van der Waals surface area contributed by atoms with Crippen LogP contribution >= 0.6 is 23.2 Å². The number of aromatic nitrogens is 2. The highest BCUT2D eigenvalue weighted by atomic mass is 35.5. The fraction of sp³-hybridized carbons (Fsp3) is 0.0714. The molecule has 0 aliphatic carbocycles. The summed E-state index contributed by atoms with van der Waals surface area (Å²) in [7, 11) is 0. The third-order valence-corrected chi connectivity index (χ3v) is 6.48. The molecule has 2 atom stereocenters. The van der Waals surface area contributed by atoms with E-state index in [2.05, 4.69) is 15.3 Å². The molecular formula is C28H21Cl2N3O2. The lowest BCUT2D eigenvalue weighted by molar-refractivity contribution is 0.0831. The molecule has 4 aromatic carbocycles. The number of carbonyl (C=O) groups is 1. The van der Waals surface area contributed by atoms with Crippen molar-refractivity contribution in [3.8, 4) is 11.4 Å². The van der Waals surface area contributed by atoms with E-state index in [1.54, 1.807) is 36.4 Å². The van der Waals surface area contributed by atoms with Crippen LogP contribution in [0.2, 0.25) is 10.0 Å². The Labute approximate surface area is 212 Å². The van der Waals surface area contributed by atoms with Crippen LogP contribution in [0.5, 0.6) is 0 Å². The van der Waals surface area contributed by atoms with Crippen LogP contribution in [0.25, 0.3) is 22.4 Å². The molecule has 3 N–H and O–H groups in total. The molecule has 0 saturated carbocycles. The second kappa shape index (κ2) is 9.92. The minimum Gasteiger partial charge on any atom is -0.386 e. The first-order valence-corrected chi connectivity index (χ1v) is 11.8. The highest BCUT2D eigenvalue weighted by molar-refractivity contribution is 6.39. The van der Waals surface area contributed by atoms with Gasteiger partial charge in [0.1, 0.15) is 11.9 Å². The van der Waals surface area contributed by atoms with Gasteiger partial charge in [0, 0.05) is 5.56 Å². The molecular weight excluding hydrogens is 481 g/mol. The number of hydrogen-bond donors (Lipinski definition) is 3. The van der Waals surface area contributed by atoms with E-state index in [4.69, 9.17) is 23.2 Å². The van der Waals surface area contributed by atoms with Gasteiger partial charge in [0.15, 0.2) is 0 Å². The van der Waals surface area contributed by atoms with E-state index in [1.165, 1.54) is 0 Å². The van der Waals surface area contributed by atoms with Crippen LogP contribution in [0.15, 0.2) is 97.1 Å². The molecule has 0 aliphatic rings. The summed E-state index contributed by atoms with van der Waals surface area (Å²) in [4.78, 5) is 21.1. The van der Waals surface area contributed by atoms with Crippen LogP contribution in [0.1, 0.15) is 33.6 Å². The maximum atomic E-state index is 13.3. The lowest BCUT2D eigenvalue weighted by atomic mass is 9.95. The Kier molecular flexibility index (Phi) is 6.55. The van der Waals surface area contributed by atoms with Crippen molar-refractivity contribution < 1.29 is 9.90 Å². The van der Waals surface area contributed by atoms with Crippen molar-refractivity contribution in [1.82, 2.24) is 15.3 Å². The van der Waals surface area contributed by atoms with Crippen LogP contribution in [0.4, 0.5) is 0 Å². The largest absolute Gasteiger partial charge is 0.386 e. The zero-order valence-corrected chi connectivity index (χ0v) is 20.0. The monoisotopic (exact) mass is 501 g/mol. The third kappa shape index (κ3) is 4.80. The number of nitrogens with one attached hydrogen (secondary N) is 2. The maximum Gasteiger partial charge on any atom is 0.251 e. The molecule has 1 aromatic heterocycles. The molecule has 7 heteroatoms. The SMILES string of the molecule is O=C(N[C@H](c1ccccc1)[C@@H](O)c1ccccc1)c1ccc2nc(-c3c(Cl)cccc3Cl)[nH]c2c1. The summed E-state index contributed by atoms with van der Waals surface area (Å²) in [5.41, 5.74) is 3.90. The Morgan fingerprint density at radius 2 is 1.46 bits per heavy atom. The summed E-state index contributed by atoms with van der Waals surface area (Å²) in [5, 5.41) is 15.1. The molecule has 0 aliphatic heterocycles. The van der Waals surface area contributed by atoms with E-state index in [9.17, 15) is 9.90 Å². The first kappa shape index (κ1) is 23.1. The summed E-state index contributed by atoms with van der Waals surface area (Å²) in [6.45, 7) is 0. The molecule has 1 amide bonds. The number of fused-ring (bicyclic) bond motifs is 1. The summed E-state index contributed by atoms with van der Waals surface area (Å²) in [6, 6.07) is 28.5. The van der Waals surface area contributed by atoms with E-state index >= 15 is 0 Å². The number of amides is 1. The summed E-state index contributed by atoms with van der Waals surface area (Å²) < 4.78 is 0. The number of nitrogens with zero attached hydrogens (tertiary/aromatic N) is 1. The molecule has 0 spiro atoms. The Morgan fingerprint density at radius 1 is 0.829 bits per heavy atom. The van der Waals surface area contributed by atoms with Crippen molar-refractivity contribution in [1.29, 1.82) is 0 Å². The van der Waals surface area contributed by atoms with E-state index in [0.29, 0.717) is 43.6 Å². The van der Waals surface area contributed by atoms with Crippen LogP contribution in [-0.4, -0.2) is 21.0 Å². The lowest BCUT2D eigenvalue weighted by Gasteiger charge is -2.25. The van der Waals surface area contributed by atoms with Crippen molar-refractivity contribution in [2.45, 2.75) is 12.1 Å². The van der Waals surface area contributed by atoms with Crippen LogP contribution < -0.4 is 5.32 Å². The van der Waals surface area contributed by atoms with Gasteiger partial charge in [0.2, 0.25) is 0 Å². The first-order chi connectivity index (χ1) is 17.0. The number of aliphatic hydroxyl groups is 1. The molecule has 0 radical (unpaired) electrons. The quantitative estimate of drug-likeness (QED) is 0.241. The van der Waals surface area contributed by atoms with Gasteiger partial charge in [0.05, 0.1) is 32.7 Å². The summed E-state index contributed by atoms with van der Waals surface area (Å²) in [6.07, 6.45) is -0.924. The van der Waals surface area contributed by atoms with Gasteiger partial charge in [-0.2, -0.15) is 0 Å². The first-order valence-electron chi connectivity index (χ1n) is 11.0. The van der Waals surface area contributed by atoms with E-state index in [-0.39, 0.29) is 5.91 Å². The third-order valence-electron chi connectivity index (χ3n) is 5.85. The van der Waals surface area contributed by atoms with Crippen molar-refractivity contribution in [2.24, 2.45) is 0 Å². The Balaban J connectivity index is 1.46. The topological polar surface area (TPSA) is 78.0 Å². The predicted molar refractivity (Wildman–Crippen MR) is 140 cm³/mol. The zero-order chi connectivity index (χ0) is 24.4. The molecule has 1 heterocycles. The van der Waals surface area contributed by atoms with Gasteiger partial charge < -0.3 is 15.4 Å². The number of hydrogen-bond acceptors (Lipinski definition) is 3. The number of halogens is 2. The molecule has 5 rings (SSSR count). The maximum absolute atomic E-state index is 13.3. The Bertz CT molecular complexity index is 1470.